The number of aryl methyl sites for hydroxylation is 7. The molecule has 23 heteroatoms. The predicted molar refractivity (Wildman–Crippen MR) is 436 cm³/mol. The van der Waals surface area contributed by atoms with E-state index in [2.05, 4.69) is 0 Å². The van der Waals surface area contributed by atoms with Crippen LogP contribution in [-0.2, 0) is 38.4 Å². The Balaban J connectivity index is 0.000000195. The molecule has 3 saturated heterocycles. The molecule has 20 nitrogen and oxygen atoms in total. The minimum atomic E-state index is -1.38. The van der Waals surface area contributed by atoms with Gasteiger partial charge in [0.05, 0.1) is 0 Å². The number of carbonyl (C=O) groups is 9. The van der Waals surface area contributed by atoms with Crippen LogP contribution in [0.25, 0.3) is 0 Å². The lowest BCUT2D eigenvalue weighted by molar-refractivity contribution is -0.152. The summed E-state index contributed by atoms with van der Waals surface area (Å²) in [5, 5.41) is 29.4. The Morgan fingerprint density at radius 2 is 0.699 bits per heavy atom. The Kier molecular flexibility index (Phi) is 28.7. The molecule has 0 unspecified atom stereocenters. The quantitative estimate of drug-likeness (QED) is 0.0354. The number of Topliss-reactive ketones (excluding diaryl/α,β-unsaturated/α-hetero) is 3. The van der Waals surface area contributed by atoms with Gasteiger partial charge in [0.25, 0.3) is 0 Å². The van der Waals surface area contributed by atoms with Gasteiger partial charge in [-0.2, -0.15) is 0 Å². The minimum Gasteiger partial charge on any atom is -0.478 e. The molecule has 6 atom stereocenters. The number of nitrogens with zero attached hydrogens (tertiary/aromatic N) is 3. The molecule has 3 N–H and O–H groups in total. The van der Waals surface area contributed by atoms with Gasteiger partial charge in [-0.15, -0.1) is 11.8 Å². The summed E-state index contributed by atoms with van der Waals surface area (Å²) >= 11 is 13.7. The Morgan fingerprint density at radius 3 is 1.01 bits per heavy atom. The second-order valence-electron chi connectivity index (χ2n) is 30.9. The first kappa shape index (κ1) is 86.5. The molecule has 3 heterocycles. The van der Waals surface area contributed by atoms with Crippen LogP contribution in [0.1, 0.15) is 136 Å². The third kappa shape index (κ3) is 22.5. The summed E-state index contributed by atoms with van der Waals surface area (Å²) in [7, 11) is 0. The Hall–Kier alpha value is -10.5. The second-order valence-corrected chi connectivity index (χ2v) is 32.7. The number of ketones is 3. The highest BCUT2D eigenvalue weighted by molar-refractivity contribution is 7.98. The van der Waals surface area contributed by atoms with Gasteiger partial charge in [0.1, 0.15) is 28.7 Å². The van der Waals surface area contributed by atoms with E-state index in [9.17, 15) is 58.5 Å². The average Bonchev–Trinajstić information content (AvgIpc) is 1.76. The number of carboxylic acids is 3. The summed E-state index contributed by atoms with van der Waals surface area (Å²) in [5.74, 6) is -1.93. The van der Waals surface area contributed by atoms with Crippen LogP contribution in [0.3, 0.4) is 0 Å². The van der Waals surface area contributed by atoms with E-state index in [1.807, 2.05) is 121 Å². The maximum absolute atomic E-state index is 13.6. The van der Waals surface area contributed by atoms with Gasteiger partial charge in [-0.25, -0.2) is 24.0 Å². The van der Waals surface area contributed by atoms with E-state index < -0.39 is 58.7 Å². The van der Waals surface area contributed by atoms with Crippen LogP contribution >= 0.6 is 35.0 Å². The highest BCUT2D eigenvalue weighted by Crippen LogP contribution is 2.39. The van der Waals surface area contributed by atoms with E-state index >= 15 is 0 Å². The van der Waals surface area contributed by atoms with Crippen LogP contribution < -0.4 is 23.7 Å². The smallest absolute Gasteiger partial charge is 0.415 e. The molecule has 0 aliphatic carbocycles. The lowest BCUT2D eigenvalue weighted by Crippen LogP contribution is -2.38. The first-order valence-electron chi connectivity index (χ1n) is 37.5. The maximum Gasteiger partial charge on any atom is 0.415 e. The van der Waals surface area contributed by atoms with Crippen molar-refractivity contribution >= 4 is 88.3 Å². The van der Waals surface area contributed by atoms with Gasteiger partial charge in [-0.1, -0.05) is 108 Å². The summed E-state index contributed by atoms with van der Waals surface area (Å²) in [5.41, 5.74) is 5.74. The molecule has 3 aliphatic rings. The number of likely N-dealkylation sites (tertiary alicyclic amines) is 3. The fraction of sp³-hybridized carbons (Fsp3) is 0.367. The van der Waals surface area contributed by atoms with Crippen molar-refractivity contribution in [3.8, 4) is 28.7 Å². The molecule has 3 fully saturated rings. The van der Waals surface area contributed by atoms with Gasteiger partial charge >= 0.3 is 30.1 Å². The van der Waals surface area contributed by atoms with E-state index in [1.54, 1.807) is 130 Å². The van der Waals surface area contributed by atoms with Gasteiger partial charge in [0, 0.05) is 95.6 Å². The van der Waals surface area contributed by atoms with Crippen molar-refractivity contribution in [3.63, 3.8) is 0 Å². The van der Waals surface area contributed by atoms with E-state index in [1.165, 1.54) is 41.5 Å². The van der Waals surface area contributed by atoms with E-state index in [0.29, 0.717) is 94.5 Å². The third-order valence-electron chi connectivity index (χ3n) is 20.8. The molecule has 0 bridgehead atoms. The second kappa shape index (κ2) is 37.4. The summed E-state index contributed by atoms with van der Waals surface area (Å²) in [6.45, 7) is 24.2. The Bertz CT molecular complexity index is 4520. The molecular formula is C90H99Cl2N3O17S. The van der Waals surface area contributed by atoms with Crippen LogP contribution in [-0.4, -0.2) is 146 Å². The summed E-state index contributed by atoms with van der Waals surface area (Å²) in [6.07, 6.45) is 3.64. The largest absolute Gasteiger partial charge is 0.478 e. The number of benzene rings is 8. The Morgan fingerprint density at radius 1 is 0.407 bits per heavy atom. The fourth-order valence-electron chi connectivity index (χ4n) is 14.5. The van der Waals surface area contributed by atoms with Gasteiger partial charge in [0.2, 0.25) is 5.91 Å². The van der Waals surface area contributed by atoms with Gasteiger partial charge in [-0.3, -0.25) is 19.2 Å². The minimum absolute atomic E-state index is 0.00253. The number of carboxylic acid groups (broad SMARTS) is 3. The van der Waals surface area contributed by atoms with E-state index in [4.69, 9.17) is 46.9 Å². The molecule has 8 aromatic carbocycles. The van der Waals surface area contributed by atoms with Gasteiger partial charge < -0.3 is 53.7 Å². The summed E-state index contributed by atoms with van der Waals surface area (Å²) < 4.78 is 28.6. The molecule has 3 amide bonds. The molecule has 0 spiro atoms. The van der Waals surface area contributed by atoms with Crippen molar-refractivity contribution in [3.05, 3.63) is 247 Å². The Labute approximate surface area is 675 Å². The number of rotatable bonds is 25. The first-order chi connectivity index (χ1) is 53.3. The number of amides is 3. The molecule has 0 radical (unpaired) electrons. The van der Waals surface area contributed by atoms with E-state index in [-0.39, 0.29) is 60.0 Å². The number of hydrogen-bond donors (Lipinski definition) is 3. The molecular weight excluding hydrogens is 1500 g/mol. The molecule has 8 aromatic rings. The van der Waals surface area contributed by atoms with Crippen molar-refractivity contribution in [2.24, 2.45) is 35.5 Å². The summed E-state index contributed by atoms with van der Waals surface area (Å²) in [4.78, 5) is 119. The predicted octanol–water partition coefficient (Wildman–Crippen LogP) is 17.9. The van der Waals surface area contributed by atoms with Crippen molar-refractivity contribution in [2.45, 2.75) is 137 Å². The van der Waals surface area contributed by atoms with Crippen LogP contribution in [0.5, 0.6) is 28.7 Å². The first-order valence-corrected chi connectivity index (χ1v) is 39.4. The topological polar surface area (TPSA) is 270 Å². The normalized spacial score (nSPS) is 17.4. The number of ether oxygens (including phenoxy) is 5. The van der Waals surface area contributed by atoms with Crippen molar-refractivity contribution in [1.82, 2.24) is 14.7 Å². The number of halogens is 2. The SMILES string of the molecule is CSc1ccc(C(=O)[C@H]2CN(C(C)=O)C[C@@H]2CCc2cc(C)c(OC(C)(C)C(=O)O)c(C)c2)cc1.Cc1cc(C[C@@H]2CN(C(=O)Oc3ccccc3)C[C@H]2C(=O)c2ccc(Cl)cc2)cc(C)c1OC(C)(C)C(=O)O.Cc1cc(C[C@H]2CN(C(=O)Oc3ccccc3)C[C@@H]2C(=O)c2ccc(Cl)cc2)cc(C)c1OC(C)(C)C(=O)O. The van der Waals surface area contributed by atoms with Crippen LogP contribution in [0.4, 0.5) is 9.59 Å². The number of thioether (sulfide) groups is 1. The number of hydrogen-bond acceptors (Lipinski definition) is 15. The molecule has 0 saturated carbocycles. The van der Waals surface area contributed by atoms with E-state index in [0.717, 1.165) is 67.8 Å². The number of para-hydroxylation sites is 2. The van der Waals surface area contributed by atoms with Crippen molar-refractivity contribution in [2.75, 3.05) is 45.5 Å². The lowest BCUT2D eigenvalue weighted by atomic mass is 9.84. The van der Waals surface area contributed by atoms with Crippen molar-refractivity contribution < 1.29 is 82.2 Å². The fourth-order valence-corrected chi connectivity index (χ4v) is 15.2. The lowest BCUT2D eigenvalue weighted by Gasteiger charge is -2.25. The highest BCUT2D eigenvalue weighted by Gasteiger charge is 2.44. The zero-order valence-electron chi connectivity index (χ0n) is 66.3. The third-order valence-corrected chi connectivity index (χ3v) is 22.0. The monoisotopic (exact) mass is 1600 g/mol. The zero-order chi connectivity index (χ0) is 82.6. The summed E-state index contributed by atoms with van der Waals surface area (Å²) in [6, 6.07) is 50.8. The van der Waals surface area contributed by atoms with Crippen molar-refractivity contribution in [1.29, 1.82) is 0 Å². The van der Waals surface area contributed by atoms with Crippen LogP contribution in [0.15, 0.2) is 175 Å². The molecule has 596 valence electrons. The molecule has 113 heavy (non-hydrogen) atoms. The van der Waals surface area contributed by atoms with Gasteiger partial charge in [-0.05, 0) is 268 Å². The average molecular weight is 1600 g/mol. The maximum atomic E-state index is 13.6. The molecule has 0 aromatic heterocycles. The number of carbonyl (C=O) groups excluding carboxylic acids is 6. The standard InChI is InChI=1S/2C31H32ClNO6.C28H35NO5S/c2*1-19-14-21(15-20(2)28(19)39-31(3,4)29(35)36)16-23-17-33(30(37)38-25-8-6-5-7-9-25)18-26(23)27(34)22-10-12-24(32)13-11-22;1-17-13-20(14-18(2)26(17)34-28(4,5)27(32)33)7-8-22-15-29(19(3)30)16-24(22)25(31)21-9-11-23(35-6)12-10-21/h2*5-15,23,26H,16-18H2,1-4H3,(H,35,36);9-14,22,24H,7-8,15-16H2,1-6H3,(H,32,33)/t2*23-,26-;22-,24-/m100/s1. The molecule has 11 rings (SSSR count). The zero-order valence-corrected chi connectivity index (χ0v) is 68.6. The van der Waals surface area contributed by atoms with Crippen LogP contribution in [0.2, 0.25) is 10.0 Å². The van der Waals surface area contributed by atoms with Gasteiger partial charge in [0.15, 0.2) is 34.2 Å². The number of aliphatic carboxylic acids is 3. The molecule has 3 aliphatic heterocycles. The highest BCUT2D eigenvalue weighted by atomic mass is 35.5. The van der Waals surface area contributed by atoms with Crippen LogP contribution in [0, 0.1) is 77.0 Å².